The highest BCUT2D eigenvalue weighted by Crippen LogP contribution is 2.15. The Labute approximate surface area is 103 Å². The van der Waals surface area contributed by atoms with Gasteiger partial charge in [0, 0.05) is 17.6 Å². The lowest BCUT2D eigenvalue weighted by atomic mass is 10.2. The maximum Gasteiger partial charge on any atom is 0.287 e. The molecule has 1 aromatic heterocycles. The van der Waals surface area contributed by atoms with E-state index in [0.29, 0.717) is 11.6 Å². The summed E-state index contributed by atoms with van der Waals surface area (Å²) in [5, 5.41) is 3.31. The van der Waals surface area contributed by atoms with Gasteiger partial charge >= 0.3 is 0 Å². The van der Waals surface area contributed by atoms with E-state index in [4.69, 9.17) is 21.8 Å². The van der Waals surface area contributed by atoms with E-state index in [1.54, 1.807) is 6.07 Å². The lowest BCUT2D eigenvalue weighted by Crippen LogP contribution is -2.22. The molecule has 0 atom stereocenters. The number of nitrogen functional groups attached to an aromatic ring is 1. The summed E-state index contributed by atoms with van der Waals surface area (Å²) >= 11 is 5.96. The highest BCUT2D eigenvalue weighted by atomic mass is 35.5. The first-order valence-electron chi connectivity index (χ1n) is 5.04. The van der Waals surface area contributed by atoms with Crippen LogP contribution in [0.15, 0.2) is 40.8 Å². The van der Waals surface area contributed by atoms with Gasteiger partial charge in [0.1, 0.15) is 0 Å². The van der Waals surface area contributed by atoms with Gasteiger partial charge in [-0.05, 0) is 17.7 Å². The standard InChI is InChI=1S/C12H11ClN2O2/c13-9-4-2-1-3-8(9)7-15-12(16)10-5-6-11(14)17-10/h1-6H,7,14H2,(H,15,16). The number of carbonyl (C=O) groups excluding carboxylic acids is 1. The van der Waals surface area contributed by atoms with Crippen LogP contribution in [0.5, 0.6) is 0 Å². The van der Waals surface area contributed by atoms with Crippen molar-refractivity contribution < 1.29 is 9.21 Å². The number of carbonyl (C=O) groups is 1. The third-order valence-corrected chi connectivity index (χ3v) is 2.62. The van der Waals surface area contributed by atoms with Crippen molar-refractivity contribution in [2.24, 2.45) is 0 Å². The fourth-order valence-electron chi connectivity index (χ4n) is 1.38. The molecule has 0 bridgehead atoms. The highest BCUT2D eigenvalue weighted by molar-refractivity contribution is 6.31. The van der Waals surface area contributed by atoms with Gasteiger partial charge in [-0.2, -0.15) is 0 Å². The summed E-state index contributed by atoms with van der Waals surface area (Å²) in [6.45, 7) is 0.346. The normalized spacial score (nSPS) is 10.2. The number of nitrogens with one attached hydrogen (secondary N) is 1. The molecule has 2 aromatic rings. The second-order valence-electron chi connectivity index (χ2n) is 3.48. The molecule has 1 heterocycles. The van der Waals surface area contributed by atoms with Gasteiger partial charge < -0.3 is 15.5 Å². The summed E-state index contributed by atoms with van der Waals surface area (Å²) in [6.07, 6.45) is 0. The van der Waals surface area contributed by atoms with Crippen molar-refractivity contribution in [2.75, 3.05) is 5.73 Å². The van der Waals surface area contributed by atoms with Crippen LogP contribution in [0, 0.1) is 0 Å². The summed E-state index contributed by atoms with van der Waals surface area (Å²) in [7, 11) is 0. The van der Waals surface area contributed by atoms with E-state index in [1.807, 2.05) is 18.2 Å². The van der Waals surface area contributed by atoms with Crippen molar-refractivity contribution in [3.63, 3.8) is 0 Å². The molecule has 1 aromatic carbocycles. The molecule has 0 spiro atoms. The van der Waals surface area contributed by atoms with Crippen LogP contribution in [0.3, 0.4) is 0 Å². The van der Waals surface area contributed by atoms with Crippen LogP contribution in [0.1, 0.15) is 16.1 Å². The molecule has 5 heteroatoms. The summed E-state index contributed by atoms with van der Waals surface area (Å²) < 4.78 is 5.00. The number of benzene rings is 1. The Morgan fingerprint density at radius 1 is 1.29 bits per heavy atom. The van der Waals surface area contributed by atoms with Crippen LogP contribution in [0.2, 0.25) is 5.02 Å². The second kappa shape index (κ2) is 4.93. The smallest absolute Gasteiger partial charge is 0.287 e. The van der Waals surface area contributed by atoms with Gasteiger partial charge in [-0.3, -0.25) is 4.79 Å². The Morgan fingerprint density at radius 3 is 2.71 bits per heavy atom. The van der Waals surface area contributed by atoms with Crippen LogP contribution in [0.4, 0.5) is 5.88 Å². The zero-order valence-corrected chi connectivity index (χ0v) is 9.70. The maximum absolute atomic E-state index is 11.6. The van der Waals surface area contributed by atoms with Crippen molar-refractivity contribution in [2.45, 2.75) is 6.54 Å². The zero-order chi connectivity index (χ0) is 12.3. The molecule has 88 valence electrons. The number of furan rings is 1. The second-order valence-corrected chi connectivity index (χ2v) is 3.88. The Morgan fingerprint density at radius 2 is 2.06 bits per heavy atom. The van der Waals surface area contributed by atoms with Gasteiger partial charge in [0.25, 0.3) is 5.91 Å². The topological polar surface area (TPSA) is 68.3 Å². The van der Waals surface area contributed by atoms with Crippen LogP contribution < -0.4 is 11.1 Å². The molecule has 0 aliphatic heterocycles. The molecule has 2 rings (SSSR count). The summed E-state index contributed by atoms with van der Waals surface area (Å²) in [5.41, 5.74) is 6.23. The fourth-order valence-corrected chi connectivity index (χ4v) is 1.58. The molecule has 0 unspecified atom stereocenters. The van der Waals surface area contributed by atoms with Gasteiger partial charge in [-0.1, -0.05) is 29.8 Å². The third-order valence-electron chi connectivity index (χ3n) is 2.25. The SMILES string of the molecule is Nc1ccc(C(=O)NCc2ccccc2Cl)o1. The highest BCUT2D eigenvalue weighted by Gasteiger charge is 2.10. The van der Waals surface area contributed by atoms with E-state index < -0.39 is 0 Å². The summed E-state index contributed by atoms with van der Waals surface area (Å²) in [5.74, 6) is 0.0871. The molecule has 3 N–H and O–H groups in total. The summed E-state index contributed by atoms with van der Waals surface area (Å²) in [4.78, 5) is 11.6. The van der Waals surface area contributed by atoms with Gasteiger partial charge in [0.15, 0.2) is 11.6 Å². The van der Waals surface area contributed by atoms with E-state index in [1.165, 1.54) is 12.1 Å². The predicted molar refractivity (Wildman–Crippen MR) is 65.7 cm³/mol. The van der Waals surface area contributed by atoms with E-state index in [9.17, 15) is 4.79 Å². The number of nitrogens with two attached hydrogens (primary N) is 1. The van der Waals surface area contributed by atoms with E-state index >= 15 is 0 Å². The third kappa shape index (κ3) is 2.79. The lowest BCUT2D eigenvalue weighted by molar-refractivity contribution is 0.0924. The number of anilines is 1. The first kappa shape index (κ1) is 11.5. The Bertz CT molecular complexity index is 537. The van der Waals surface area contributed by atoms with Gasteiger partial charge in [0.05, 0.1) is 0 Å². The quantitative estimate of drug-likeness (QED) is 0.879. The van der Waals surface area contributed by atoms with Gasteiger partial charge in [-0.25, -0.2) is 0 Å². The molecule has 0 fully saturated rings. The average Bonchev–Trinajstić information content (AvgIpc) is 2.74. The van der Waals surface area contributed by atoms with Crippen LogP contribution in [0.25, 0.3) is 0 Å². The van der Waals surface area contributed by atoms with E-state index in [2.05, 4.69) is 5.32 Å². The van der Waals surface area contributed by atoms with Crippen molar-refractivity contribution in [3.05, 3.63) is 52.7 Å². The Hall–Kier alpha value is -1.94. The minimum absolute atomic E-state index is 0.189. The molecule has 17 heavy (non-hydrogen) atoms. The Balaban J connectivity index is 1.99. The van der Waals surface area contributed by atoms with Crippen molar-refractivity contribution in [3.8, 4) is 0 Å². The van der Waals surface area contributed by atoms with Crippen molar-refractivity contribution >= 4 is 23.4 Å². The fraction of sp³-hybridized carbons (Fsp3) is 0.0833. The molecule has 0 saturated heterocycles. The minimum atomic E-state index is -0.318. The molecule has 0 aliphatic carbocycles. The average molecular weight is 251 g/mol. The van der Waals surface area contributed by atoms with Gasteiger partial charge in [0.2, 0.25) is 0 Å². The van der Waals surface area contributed by atoms with Crippen molar-refractivity contribution in [1.82, 2.24) is 5.32 Å². The first-order valence-corrected chi connectivity index (χ1v) is 5.41. The molecule has 1 amide bonds. The number of hydrogen-bond acceptors (Lipinski definition) is 3. The number of hydrogen-bond donors (Lipinski definition) is 2. The van der Waals surface area contributed by atoms with E-state index in [-0.39, 0.29) is 17.6 Å². The molecule has 0 radical (unpaired) electrons. The maximum atomic E-state index is 11.6. The molecule has 0 saturated carbocycles. The largest absolute Gasteiger partial charge is 0.436 e. The molecule has 4 nitrogen and oxygen atoms in total. The molecular formula is C12H11ClN2O2. The summed E-state index contributed by atoms with van der Waals surface area (Å²) in [6, 6.07) is 10.4. The van der Waals surface area contributed by atoms with Gasteiger partial charge in [-0.15, -0.1) is 0 Å². The number of amides is 1. The predicted octanol–water partition coefficient (Wildman–Crippen LogP) is 2.45. The number of rotatable bonds is 3. The Kier molecular flexibility index (Phi) is 3.35. The van der Waals surface area contributed by atoms with Crippen LogP contribution >= 0.6 is 11.6 Å². The van der Waals surface area contributed by atoms with E-state index in [0.717, 1.165) is 5.56 Å². The lowest BCUT2D eigenvalue weighted by Gasteiger charge is -2.05. The van der Waals surface area contributed by atoms with Crippen molar-refractivity contribution in [1.29, 1.82) is 0 Å². The number of halogens is 1. The first-order chi connectivity index (χ1) is 8.16. The minimum Gasteiger partial charge on any atom is -0.436 e. The zero-order valence-electron chi connectivity index (χ0n) is 8.94. The van der Waals surface area contributed by atoms with Crippen LogP contribution in [-0.2, 0) is 6.54 Å². The monoisotopic (exact) mass is 250 g/mol. The van der Waals surface area contributed by atoms with Crippen LogP contribution in [-0.4, -0.2) is 5.91 Å². The molecular weight excluding hydrogens is 240 g/mol. The molecule has 0 aliphatic rings.